The summed E-state index contributed by atoms with van der Waals surface area (Å²) in [5.74, 6) is 1.54. The minimum absolute atomic E-state index is 0.122. The fourth-order valence-corrected chi connectivity index (χ4v) is 3.70. The smallest absolute Gasteiger partial charge is 0.231 e. The van der Waals surface area contributed by atoms with Crippen LogP contribution in [-0.4, -0.2) is 71.9 Å². The van der Waals surface area contributed by atoms with Crippen molar-refractivity contribution in [2.24, 2.45) is 5.41 Å². The van der Waals surface area contributed by atoms with Crippen molar-refractivity contribution in [3.05, 3.63) is 18.1 Å². The van der Waals surface area contributed by atoms with Crippen LogP contribution in [0.1, 0.15) is 37.3 Å². The lowest BCUT2D eigenvalue weighted by Gasteiger charge is -2.26. The molecule has 4 rings (SSSR count). The topological polar surface area (TPSA) is 78.8 Å². The van der Waals surface area contributed by atoms with Gasteiger partial charge >= 0.3 is 0 Å². The van der Waals surface area contributed by atoms with Gasteiger partial charge in [-0.3, -0.25) is 4.79 Å². The first-order valence-corrected chi connectivity index (χ1v) is 9.14. The lowest BCUT2D eigenvalue weighted by atomic mass is 10.1. The highest BCUT2D eigenvalue weighted by atomic mass is 16.5. The summed E-state index contributed by atoms with van der Waals surface area (Å²) in [7, 11) is 1.64. The molecule has 2 saturated carbocycles. The van der Waals surface area contributed by atoms with Gasteiger partial charge in [0.25, 0.3) is 0 Å². The highest BCUT2D eigenvalue weighted by Gasteiger charge is 2.52. The second-order valence-electron chi connectivity index (χ2n) is 7.64. The average Bonchev–Trinajstić information content (AvgIpc) is 3.48. The number of amides is 1. The molecule has 0 aromatic carbocycles. The van der Waals surface area contributed by atoms with E-state index in [0.717, 1.165) is 24.4 Å². The van der Waals surface area contributed by atoms with E-state index in [0.29, 0.717) is 38.7 Å². The van der Waals surface area contributed by atoms with Crippen LogP contribution in [0.25, 0.3) is 0 Å². The van der Waals surface area contributed by atoms with E-state index in [1.165, 1.54) is 12.8 Å². The summed E-state index contributed by atoms with van der Waals surface area (Å²) in [6.07, 6.45) is 5.19. The van der Waals surface area contributed by atoms with Gasteiger partial charge in [-0.2, -0.15) is 0 Å². The number of aromatic nitrogens is 2. The van der Waals surface area contributed by atoms with Gasteiger partial charge in [0, 0.05) is 51.0 Å². The minimum Gasteiger partial charge on any atom is -0.389 e. The maximum atomic E-state index is 12.9. The molecule has 3 aliphatic rings. The molecule has 1 aromatic heterocycles. The number of β-amino-alcohol motifs (C(OH)–C–C–N with tert-alkyl or cyclic N) is 1. The van der Waals surface area contributed by atoms with E-state index in [4.69, 9.17) is 4.74 Å². The number of rotatable bonds is 5. The second kappa shape index (κ2) is 6.53. The van der Waals surface area contributed by atoms with Crippen molar-refractivity contribution in [1.29, 1.82) is 0 Å². The fourth-order valence-electron chi connectivity index (χ4n) is 3.70. The van der Waals surface area contributed by atoms with Crippen molar-refractivity contribution < 1.29 is 14.6 Å². The van der Waals surface area contributed by atoms with E-state index in [1.807, 2.05) is 6.07 Å². The van der Waals surface area contributed by atoms with E-state index in [-0.39, 0.29) is 11.3 Å². The Morgan fingerprint density at radius 3 is 2.80 bits per heavy atom. The minimum atomic E-state index is -0.580. The van der Waals surface area contributed by atoms with Crippen molar-refractivity contribution >= 4 is 11.7 Å². The molecular formula is C18H26N4O3. The Bertz CT molecular complexity index is 645. The lowest BCUT2D eigenvalue weighted by Crippen LogP contribution is -2.43. The number of nitrogens with zero attached hydrogens (tertiary/aromatic N) is 4. The molecule has 1 aromatic rings. The Labute approximate surface area is 148 Å². The molecule has 7 nitrogen and oxygen atoms in total. The second-order valence-corrected chi connectivity index (χ2v) is 7.64. The van der Waals surface area contributed by atoms with Crippen molar-refractivity contribution in [2.45, 2.75) is 37.7 Å². The summed E-state index contributed by atoms with van der Waals surface area (Å²) >= 11 is 0. The van der Waals surface area contributed by atoms with Crippen LogP contribution in [0.4, 0.5) is 5.82 Å². The van der Waals surface area contributed by atoms with Gasteiger partial charge in [-0.1, -0.05) is 0 Å². The first-order valence-electron chi connectivity index (χ1n) is 9.14. The molecule has 1 aliphatic heterocycles. The number of ether oxygens (including phenoxy) is 1. The van der Waals surface area contributed by atoms with E-state index in [9.17, 15) is 9.90 Å². The van der Waals surface area contributed by atoms with Crippen LogP contribution in [0.3, 0.4) is 0 Å². The Kier molecular flexibility index (Phi) is 4.37. The number of hydrogen-bond donors (Lipinski definition) is 1. The van der Waals surface area contributed by atoms with Gasteiger partial charge in [-0.05, 0) is 25.7 Å². The molecule has 1 unspecified atom stereocenters. The van der Waals surface area contributed by atoms with Crippen molar-refractivity contribution in [2.75, 3.05) is 44.8 Å². The predicted octanol–water partition coefficient (Wildman–Crippen LogP) is 0.790. The SMILES string of the molecule is COCC1(C(=O)N2CCN(c3cc(C4CC4)ncn3)CC(O)C2)CC1. The van der Waals surface area contributed by atoms with E-state index in [2.05, 4.69) is 14.9 Å². The van der Waals surface area contributed by atoms with Gasteiger partial charge in [0.05, 0.1) is 18.1 Å². The number of hydrogen-bond acceptors (Lipinski definition) is 6. The maximum absolute atomic E-state index is 12.9. The highest BCUT2D eigenvalue weighted by molar-refractivity contribution is 5.85. The molecular weight excluding hydrogens is 320 g/mol. The highest BCUT2D eigenvalue weighted by Crippen LogP contribution is 2.47. The van der Waals surface area contributed by atoms with Crippen LogP contribution < -0.4 is 4.90 Å². The zero-order chi connectivity index (χ0) is 17.4. The van der Waals surface area contributed by atoms with Crippen LogP contribution in [-0.2, 0) is 9.53 Å². The summed E-state index contributed by atoms with van der Waals surface area (Å²) in [5, 5.41) is 10.4. The van der Waals surface area contributed by atoms with Crippen LogP contribution in [0.15, 0.2) is 12.4 Å². The maximum Gasteiger partial charge on any atom is 0.231 e. The number of carbonyl (C=O) groups excluding carboxylic acids is 1. The summed E-state index contributed by atoms with van der Waals surface area (Å²) < 4.78 is 5.23. The third-order valence-corrected chi connectivity index (χ3v) is 5.51. The van der Waals surface area contributed by atoms with E-state index >= 15 is 0 Å². The van der Waals surface area contributed by atoms with Gasteiger partial charge in [0.2, 0.25) is 5.91 Å². The molecule has 1 atom stereocenters. The molecule has 0 radical (unpaired) electrons. The Balaban J connectivity index is 1.46. The lowest BCUT2D eigenvalue weighted by molar-refractivity contribution is -0.139. The van der Waals surface area contributed by atoms with Crippen LogP contribution in [0.2, 0.25) is 0 Å². The number of methoxy groups -OCH3 is 1. The number of anilines is 1. The standard InChI is InChI=1S/C18H26N4O3/c1-25-11-18(4-5-18)17(24)22-7-6-21(9-14(23)10-22)16-8-15(13-2-3-13)19-12-20-16/h8,12-14,23H,2-7,9-11H2,1H3. The molecule has 0 spiro atoms. The molecule has 1 saturated heterocycles. The monoisotopic (exact) mass is 346 g/mol. The molecule has 0 bridgehead atoms. The van der Waals surface area contributed by atoms with Gasteiger partial charge < -0.3 is 19.6 Å². The van der Waals surface area contributed by atoms with Crippen molar-refractivity contribution in [1.82, 2.24) is 14.9 Å². The third-order valence-electron chi connectivity index (χ3n) is 5.51. The molecule has 1 amide bonds. The number of aliphatic hydroxyl groups excluding tert-OH is 1. The molecule has 136 valence electrons. The molecule has 2 aliphatic carbocycles. The van der Waals surface area contributed by atoms with Crippen LogP contribution >= 0.6 is 0 Å². The first kappa shape index (κ1) is 16.7. The molecule has 25 heavy (non-hydrogen) atoms. The number of aliphatic hydroxyl groups is 1. The number of carbonyl (C=O) groups is 1. The first-order chi connectivity index (χ1) is 12.1. The fraction of sp³-hybridized carbons (Fsp3) is 0.722. The Morgan fingerprint density at radius 1 is 1.32 bits per heavy atom. The van der Waals surface area contributed by atoms with Crippen LogP contribution in [0, 0.1) is 5.41 Å². The van der Waals surface area contributed by atoms with Gasteiger partial charge in [0.15, 0.2) is 0 Å². The average molecular weight is 346 g/mol. The quantitative estimate of drug-likeness (QED) is 0.849. The van der Waals surface area contributed by atoms with Crippen molar-refractivity contribution in [3.63, 3.8) is 0 Å². The molecule has 3 fully saturated rings. The van der Waals surface area contributed by atoms with Gasteiger partial charge in [-0.15, -0.1) is 0 Å². The predicted molar refractivity (Wildman–Crippen MR) is 92.3 cm³/mol. The van der Waals surface area contributed by atoms with E-state index in [1.54, 1.807) is 18.3 Å². The van der Waals surface area contributed by atoms with Crippen LogP contribution in [0.5, 0.6) is 0 Å². The normalized spacial score (nSPS) is 25.6. The largest absolute Gasteiger partial charge is 0.389 e. The Hall–Kier alpha value is -1.73. The summed E-state index contributed by atoms with van der Waals surface area (Å²) in [4.78, 5) is 25.5. The van der Waals surface area contributed by atoms with E-state index < -0.39 is 6.10 Å². The summed E-state index contributed by atoms with van der Waals surface area (Å²) in [5.41, 5.74) is 0.742. The molecule has 2 heterocycles. The van der Waals surface area contributed by atoms with Gasteiger partial charge in [0.1, 0.15) is 12.1 Å². The van der Waals surface area contributed by atoms with Crippen molar-refractivity contribution in [3.8, 4) is 0 Å². The zero-order valence-electron chi connectivity index (χ0n) is 14.7. The molecule has 1 N–H and O–H groups in total. The summed E-state index contributed by atoms with van der Waals surface area (Å²) in [6.45, 7) is 2.61. The third kappa shape index (κ3) is 3.48. The Morgan fingerprint density at radius 2 is 2.12 bits per heavy atom. The zero-order valence-corrected chi connectivity index (χ0v) is 14.7. The van der Waals surface area contributed by atoms with Gasteiger partial charge in [-0.25, -0.2) is 9.97 Å². The summed E-state index contributed by atoms with van der Waals surface area (Å²) in [6, 6.07) is 2.04. The molecule has 7 heteroatoms.